The van der Waals surface area contributed by atoms with E-state index in [9.17, 15) is 5.11 Å². The summed E-state index contributed by atoms with van der Waals surface area (Å²) in [5.74, 6) is 0.431. The molecule has 0 aliphatic heterocycles. The van der Waals surface area contributed by atoms with E-state index in [4.69, 9.17) is 10.7 Å². The second-order valence-corrected chi connectivity index (χ2v) is 11.3. The van der Waals surface area contributed by atoms with Crippen LogP contribution in [0.25, 0.3) is 39.1 Å². The van der Waals surface area contributed by atoms with E-state index in [2.05, 4.69) is 68.5 Å². The first-order chi connectivity index (χ1) is 17.3. The smallest absolute Gasteiger partial charge is 0.172 e. The Labute approximate surface area is 217 Å². The number of fused-ring (bicyclic) bond motifs is 3. The summed E-state index contributed by atoms with van der Waals surface area (Å²) in [6.07, 6.45) is 5.36. The molecule has 3 N–H and O–H groups in total. The van der Waals surface area contributed by atoms with Gasteiger partial charge in [-0.1, -0.05) is 54.6 Å². The molecular weight excluding hydrogens is 514 g/mol. The average molecular weight is 540 g/mol. The fourth-order valence-corrected chi connectivity index (χ4v) is 6.19. The maximum atomic E-state index is 10.8. The van der Waals surface area contributed by atoms with Gasteiger partial charge in [0.05, 0.1) is 21.5 Å². The molecule has 3 aromatic heterocycles. The van der Waals surface area contributed by atoms with Crippen molar-refractivity contribution in [1.82, 2.24) is 19.6 Å². The summed E-state index contributed by atoms with van der Waals surface area (Å²) >= 11 is 3.61. The summed E-state index contributed by atoms with van der Waals surface area (Å²) in [6, 6.07) is 20.8. The lowest BCUT2D eigenvalue weighted by Gasteiger charge is -2.52. The number of rotatable bonds is 4. The van der Waals surface area contributed by atoms with Gasteiger partial charge in [-0.15, -0.1) is 0 Å². The van der Waals surface area contributed by atoms with Gasteiger partial charge in [-0.3, -0.25) is 0 Å². The second kappa shape index (κ2) is 7.68. The van der Waals surface area contributed by atoms with E-state index in [0.717, 1.165) is 67.6 Å². The van der Waals surface area contributed by atoms with Crippen molar-refractivity contribution in [2.75, 3.05) is 0 Å². The zero-order chi connectivity index (χ0) is 24.7. The molecule has 2 saturated carbocycles. The van der Waals surface area contributed by atoms with Gasteiger partial charge in [-0.25, -0.2) is 9.97 Å². The molecule has 5 aromatic rings. The predicted octanol–water partition coefficient (Wildman–Crippen LogP) is 5.77. The van der Waals surface area contributed by atoms with Crippen LogP contribution in [0.2, 0.25) is 0 Å². The van der Waals surface area contributed by atoms with Crippen LogP contribution < -0.4 is 5.73 Å². The van der Waals surface area contributed by atoms with Crippen molar-refractivity contribution in [3.63, 3.8) is 0 Å². The predicted molar refractivity (Wildman–Crippen MR) is 144 cm³/mol. The Bertz CT molecular complexity index is 1630. The third-order valence-corrected chi connectivity index (χ3v) is 8.85. The highest BCUT2D eigenvalue weighted by Crippen LogP contribution is 2.57. The van der Waals surface area contributed by atoms with E-state index >= 15 is 0 Å². The Morgan fingerprint density at radius 3 is 2.42 bits per heavy atom. The number of pyridine rings is 1. The lowest BCUT2D eigenvalue weighted by molar-refractivity contribution is -0.106. The first-order valence-electron chi connectivity index (χ1n) is 12.4. The van der Waals surface area contributed by atoms with Gasteiger partial charge in [0.15, 0.2) is 11.3 Å². The van der Waals surface area contributed by atoms with Crippen molar-refractivity contribution in [2.24, 2.45) is 11.7 Å². The van der Waals surface area contributed by atoms with Gasteiger partial charge in [0.1, 0.15) is 0 Å². The number of aromatic nitrogens is 4. The van der Waals surface area contributed by atoms with Crippen LogP contribution in [0.1, 0.15) is 36.9 Å². The minimum Gasteiger partial charge on any atom is -0.389 e. The summed E-state index contributed by atoms with van der Waals surface area (Å²) in [4.78, 5) is 9.78. The second-order valence-electron chi connectivity index (χ2n) is 10.5. The van der Waals surface area contributed by atoms with Gasteiger partial charge < -0.3 is 10.8 Å². The van der Waals surface area contributed by atoms with Gasteiger partial charge in [-0.05, 0) is 71.6 Å². The third-order valence-electron chi connectivity index (χ3n) is 7.92. The SMILES string of the molecule is Cc1nn2c(ncc3cc(-c4ccccc4)c(-c4ccc(C5(N)CC(O)(C6CC6)C5)cc4)nc32)c1Br. The van der Waals surface area contributed by atoms with Gasteiger partial charge in [0.25, 0.3) is 0 Å². The standard InChI is InChI=1S/C29H26BrN5O/c1-17-24(30)27-32-14-20-13-23(18-5-3-2-4-6-18)25(33-26(20)35(27)34-17)19-7-9-21(10-8-19)28(31)15-29(36,16-28)22-11-12-22/h2-10,13-14,22,36H,11-12,15-16,31H2,1H3. The lowest BCUT2D eigenvalue weighted by Crippen LogP contribution is -2.60. The molecule has 7 rings (SSSR count). The Kier molecular flexibility index (Phi) is 4.72. The minimum absolute atomic E-state index is 0.431. The number of aryl methyl sites for hydroxylation is 1. The van der Waals surface area contributed by atoms with E-state index < -0.39 is 11.1 Å². The number of nitrogens with two attached hydrogens (primary N) is 1. The topological polar surface area (TPSA) is 89.3 Å². The molecule has 2 aromatic carbocycles. The van der Waals surface area contributed by atoms with Gasteiger partial charge in [-0.2, -0.15) is 9.61 Å². The highest BCUT2D eigenvalue weighted by molar-refractivity contribution is 9.10. The van der Waals surface area contributed by atoms with Crippen LogP contribution in [-0.4, -0.2) is 30.3 Å². The maximum Gasteiger partial charge on any atom is 0.172 e. The largest absolute Gasteiger partial charge is 0.389 e. The molecule has 3 heterocycles. The monoisotopic (exact) mass is 539 g/mol. The Hall–Kier alpha value is -3.13. The molecule has 0 unspecified atom stereocenters. The molecule has 0 spiro atoms. The molecule has 0 bridgehead atoms. The van der Waals surface area contributed by atoms with Crippen molar-refractivity contribution in [2.45, 2.75) is 43.7 Å². The molecule has 2 fully saturated rings. The van der Waals surface area contributed by atoms with Crippen LogP contribution in [0.15, 0.2) is 71.3 Å². The summed E-state index contributed by atoms with van der Waals surface area (Å²) in [5.41, 5.74) is 13.1. The van der Waals surface area contributed by atoms with Crippen LogP contribution >= 0.6 is 15.9 Å². The molecule has 36 heavy (non-hydrogen) atoms. The van der Waals surface area contributed by atoms with E-state index in [-0.39, 0.29) is 0 Å². The zero-order valence-electron chi connectivity index (χ0n) is 19.9. The van der Waals surface area contributed by atoms with Gasteiger partial charge >= 0.3 is 0 Å². The molecule has 180 valence electrons. The van der Waals surface area contributed by atoms with Gasteiger partial charge in [0, 0.05) is 28.2 Å². The van der Waals surface area contributed by atoms with Crippen molar-refractivity contribution in [3.8, 4) is 22.4 Å². The van der Waals surface area contributed by atoms with Crippen LogP contribution in [0.5, 0.6) is 0 Å². The molecule has 0 amide bonds. The number of halogens is 1. The van der Waals surface area contributed by atoms with E-state index in [1.165, 1.54) is 0 Å². The van der Waals surface area contributed by atoms with E-state index in [1.54, 1.807) is 0 Å². The molecule has 2 aliphatic rings. The van der Waals surface area contributed by atoms with Crippen LogP contribution in [0.3, 0.4) is 0 Å². The first kappa shape index (κ1) is 22.1. The number of hydrogen-bond acceptors (Lipinski definition) is 5. The zero-order valence-corrected chi connectivity index (χ0v) is 21.5. The molecule has 7 heteroatoms. The Morgan fingerprint density at radius 1 is 1.00 bits per heavy atom. The van der Waals surface area contributed by atoms with Gasteiger partial charge in [0.2, 0.25) is 0 Å². The number of aliphatic hydroxyl groups is 1. The lowest BCUT2D eigenvalue weighted by atomic mass is 9.60. The Balaban J connectivity index is 1.36. The molecule has 0 saturated heterocycles. The molecular formula is C29H26BrN5O. The normalized spacial score (nSPS) is 23.8. The summed E-state index contributed by atoms with van der Waals surface area (Å²) in [7, 11) is 0. The van der Waals surface area contributed by atoms with E-state index in [0.29, 0.717) is 18.8 Å². The highest BCUT2D eigenvalue weighted by atomic mass is 79.9. The summed E-state index contributed by atoms with van der Waals surface area (Å²) in [6.45, 7) is 1.95. The molecule has 2 aliphatic carbocycles. The quantitative estimate of drug-likeness (QED) is 0.302. The first-order valence-corrected chi connectivity index (χ1v) is 13.2. The molecule has 0 atom stereocenters. The number of benzene rings is 2. The van der Waals surface area contributed by atoms with Crippen molar-refractivity contribution in [1.29, 1.82) is 0 Å². The maximum absolute atomic E-state index is 10.8. The molecule has 0 radical (unpaired) electrons. The Morgan fingerprint density at radius 2 is 1.72 bits per heavy atom. The van der Waals surface area contributed by atoms with Crippen molar-refractivity contribution in [3.05, 3.63) is 82.6 Å². The van der Waals surface area contributed by atoms with Crippen LogP contribution in [0.4, 0.5) is 0 Å². The number of hydrogen-bond donors (Lipinski definition) is 2. The van der Waals surface area contributed by atoms with Crippen molar-refractivity contribution < 1.29 is 5.11 Å². The van der Waals surface area contributed by atoms with E-state index in [1.807, 2.05) is 35.8 Å². The van der Waals surface area contributed by atoms with Crippen LogP contribution in [-0.2, 0) is 5.54 Å². The number of nitrogens with zero attached hydrogens (tertiary/aromatic N) is 4. The third kappa shape index (κ3) is 3.34. The van der Waals surface area contributed by atoms with Crippen molar-refractivity contribution >= 4 is 32.6 Å². The minimum atomic E-state index is -0.580. The highest BCUT2D eigenvalue weighted by Gasteiger charge is 2.58. The fraction of sp³-hybridized carbons (Fsp3) is 0.276. The summed E-state index contributed by atoms with van der Waals surface area (Å²) < 4.78 is 2.69. The molecule has 6 nitrogen and oxygen atoms in total. The fourth-order valence-electron chi connectivity index (χ4n) is 5.84. The van der Waals surface area contributed by atoms with Crippen LogP contribution in [0, 0.1) is 12.8 Å². The average Bonchev–Trinajstić information content (AvgIpc) is 3.70. The summed E-state index contributed by atoms with van der Waals surface area (Å²) in [5, 5.41) is 16.4.